The third-order valence-electron chi connectivity index (χ3n) is 4.66. The molecule has 0 saturated carbocycles. The van der Waals surface area contributed by atoms with Gasteiger partial charge in [-0.2, -0.15) is 13.2 Å². The Kier molecular flexibility index (Phi) is 5.09. The summed E-state index contributed by atoms with van der Waals surface area (Å²) in [5.41, 5.74) is -3.38. The lowest BCUT2D eigenvalue weighted by atomic mass is 10.2. The molecule has 1 atom stereocenters. The molecular formula is C19H16F3N3O6. The largest absolute Gasteiger partial charge is 0.491 e. The first-order valence-corrected chi connectivity index (χ1v) is 9.03. The molecule has 3 aromatic rings. The van der Waals surface area contributed by atoms with E-state index in [-0.39, 0.29) is 18.8 Å². The van der Waals surface area contributed by atoms with Crippen LogP contribution >= 0.6 is 0 Å². The zero-order valence-corrected chi connectivity index (χ0v) is 16.0. The van der Waals surface area contributed by atoms with Crippen LogP contribution in [-0.2, 0) is 19.8 Å². The third kappa shape index (κ3) is 3.93. The van der Waals surface area contributed by atoms with E-state index in [1.165, 1.54) is 7.05 Å². The smallest absolute Gasteiger partial charge is 0.433 e. The molecule has 4 rings (SSSR count). The molecular weight excluding hydrogens is 423 g/mol. The number of aliphatic hydroxyl groups is 1. The van der Waals surface area contributed by atoms with E-state index in [0.717, 1.165) is 15.2 Å². The van der Waals surface area contributed by atoms with Crippen molar-refractivity contribution in [1.29, 1.82) is 0 Å². The number of rotatable bonds is 5. The van der Waals surface area contributed by atoms with Crippen molar-refractivity contribution in [2.24, 2.45) is 7.05 Å². The van der Waals surface area contributed by atoms with Crippen molar-refractivity contribution in [1.82, 2.24) is 14.1 Å². The Labute approximate surface area is 171 Å². The molecule has 164 valence electrons. The predicted molar refractivity (Wildman–Crippen MR) is 100 cm³/mol. The fourth-order valence-electron chi connectivity index (χ4n) is 3.12. The summed E-state index contributed by atoms with van der Waals surface area (Å²) in [6.45, 7) is -0.583. The number of hydrogen-bond donors (Lipinski definition) is 1. The highest BCUT2D eigenvalue weighted by molar-refractivity contribution is 5.74. The first kappa shape index (κ1) is 20.7. The van der Waals surface area contributed by atoms with Crippen molar-refractivity contribution in [2.45, 2.75) is 18.8 Å². The number of fused-ring (bicyclic) bond motifs is 2. The van der Waals surface area contributed by atoms with Gasteiger partial charge in [0.25, 0.3) is 5.56 Å². The summed E-state index contributed by atoms with van der Waals surface area (Å²) in [5, 5.41) is 10.1. The van der Waals surface area contributed by atoms with Gasteiger partial charge in [-0.3, -0.25) is 13.9 Å². The minimum Gasteiger partial charge on any atom is -0.491 e. The minimum atomic E-state index is -4.72. The SMILES string of the molecule is Cn1c(=O)n(CC(O)COc2ccc3c(c2)OCO3)c(=O)c2ccc(C(F)(F)F)nc21. The second kappa shape index (κ2) is 7.61. The van der Waals surface area contributed by atoms with Crippen molar-refractivity contribution in [2.75, 3.05) is 13.4 Å². The summed E-state index contributed by atoms with van der Waals surface area (Å²) in [6, 6.07) is 6.43. The molecule has 3 heterocycles. The van der Waals surface area contributed by atoms with Crippen molar-refractivity contribution >= 4 is 11.0 Å². The Balaban J connectivity index is 1.56. The molecule has 9 nitrogen and oxygen atoms in total. The summed E-state index contributed by atoms with van der Waals surface area (Å²) in [7, 11) is 1.20. The van der Waals surface area contributed by atoms with Crippen LogP contribution in [0, 0.1) is 0 Å². The standard InChI is InChI=1S/C19H16F3N3O6/c1-24-16-12(3-5-15(23-16)19(20,21)22)17(27)25(18(24)28)7-10(26)8-29-11-2-4-13-14(6-11)31-9-30-13/h2-6,10,26H,7-9H2,1H3. The number of aromatic nitrogens is 3. The lowest BCUT2D eigenvalue weighted by Crippen LogP contribution is -2.43. The van der Waals surface area contributed by atoms with Gasteiger partial charge in [-0.15, -0.1) is 0 Å². The number of aliphatic hydroxyl groups excluding tert-OH is 1. The van der Waals surface area contributed by atoms with Crippen molar-refractivity contribution < 1.29 is 32.5 Å². The number of hydrogen-bond acceptors (Lipinski definition) is 7. The fraction of sp³-hybridized carbons (Fsp3) is 0.316. The maximum atomic E-state index is 12.9. The average molecular weight is 439 g/mol. The maximum absolute atomic E-state index is 12.9. The Morgan fingerprint density at radius 3 is 2.68 bits per heavy atom. The van der Waals surface area contributed by atoms with Gasteiger partial charge in [0, 0.05) is 13.1 Å². The number of halogens is 3. The first-order valence-electron chi connectivity index (χ1n) is 9.03. The van der Waals surface area contributed by atoms with Crippen LogP contribution in [0.25, 0.3) is 11.0 Å². The van der Waals surface area contributed by atoms with Crippen LogP contribution in [0.3, 0.4) is 0 Å². The fourth-order valence-corrected chi connectivity index (χ4v) is 3.12. The van der Waals surface area contributed by atoms with E-state index < -0.39 is 41.4 Å². The molecule has 1 unspecified atom stereocenters. The van der Waals surface area contributed by atoms with Crippen molar-refractivity contribution in [3.05, 3.63) is 56.9 Å². The van der Waals surface area contributed by atoms with Crippen molar-refractivity contribution in [3.63, 3.8) is 0 Å². The van der Waals surface area contributed by atoms with E-state index in [1.54, 1.807) is 18.2 Å². The molecule has 12 heteroatoms. The van der Waals surface area contributed by atoms with E-state index >= 15 is 0 Å². The summed E-state index contributed by atoms with van der Waals surface area (Å²) in [5.74, 6) is 1.42. The van der Waals surface area contributed by atoms with Crippen LogP contribution < -0.4 is 25.5 Å². The summed E-state index contributed by atoms with van der Waals surface area (Å²) in [6.07, 6.45) is -5.97. The van der Waals surface area contributed by atoms with Gasteiger partial charge in [-0.25, -0.2) is 9.78 Å². The summed E-state index contributed by atoms with van der Waals surface area (Å²) >= 11 is 0. The molecule has 2 aromatic heterocycles. The number of ether oxygens (including phenoxy) is 3. The Morgan fingerprint density at radius 1 is 1.19 bits per heavy atom. The third-order valence-corrected chi connectivity index (χ3v) is 4.66. The van der Waals surface area contributed by atoms with Crippen LogP contribution in [0.15, 0.2) is 39.9 Å². The highest BCUT2D eigenvalue weighted by Gasteiger charge is 2.33. The number of pyridine rings is 1. The Morgan fingerprint density at radius 2 is 1.94 bits per heavy atom. The lowest BCUT2D eigenvalue weighted by molar-refractivity contribution is -0.141. The molecule has 0 saturated heterocycles. The molecule has 1 aliphatic rings. The first-order chi connectivity index (χ1) is 14.6. The number of aryl methyl sites for hydroxylation is 1. The predicted octanol–water partition coefficient (Wildman–Crippen LogP) is 1.28. The summed E-state index contributed by atoms with van der Waals surface area (Å²) in [4.78, 5) is 28.6. The number of nitrogens with zero attached hydrogens (tertiary/aromatic N) is 3. The van der Waals surface area contributed by atoms with E-state index in [9.17, 15) is 27.9 Å². The lowest BCUT2D eigenvalue weighted by Gasteiger charge is -2.16. The minimum absolute atomic E-state index is 0.0922. The molecule has 0 bridgehead atoms. The van der Waals surface area contributed by atoms with Gasteiger partial charge in [0.15, 0.2) is 11.5 Å². The van der Waals surface area contributed by atoms with Crippen molar-refractivity contribution in [3.8, 4) is 17.2 Å². The Bertz CT molecular complexity index is 1270. The maximum Gasteiger partial charge on any atom is 0.433 e. The molecule has 0 spiro atoms. The normalized spacial score (nSPS) is 14.1. The molecule has 0 radical (unpaired) electrons. The highest BCUT2D eigenvalue weighted by Crippen LogP contribution is 2.35. The summed E-state index contributed by atoms with van der Waals surface area (Å²) < 4.78 is 56.1. The van der Waals surface area contributed by atoms with Gasteiger partial charge in [0.05, 0.1) is 11.9 Å². The zero-order valence-electron chi connectivity index (χ0n) is 16.0. The van der Waals surface area contributed by atoms with E-state index in [0.29, 0.717) is 23.3 Å². The second-order valence-electron chi connectivity index (χ2n) is 6.80. The number of benzene rings is 1. The highest BCUT2D eigenvalue weighted by atomic mass is 19.4. The molecule has 0 amide bonds. The molecule has 0 aliphatic carbocycles. The van der Waals surface area contributed by atoms with Gasteiger partial charge in [0.2, 0.25) is 6.79 Å². The zero-order chi connectivity index (χ0) is 22.3. The molecule has 0 fully saturated rings. The van der Waals surface area contributed by atoms with Crippen LogP contribution in [0.4, 0.5) is 13.2 Å². The molecule has 1 N–H and O–H groups in total. The van der Waals surface area contributed by atoms with E-state index in [4.69, 9.17) is 14.2 Å². The number of alkyl halides is 3. The molecule has 1 aromatic carbocycles. The van der Waals surface area contributed by atoms with E-state index in [1.807, 2.05) is 0 Å². The van der Waals surface area contributed by atoms with Crippen LogP contribution in [0.2, 0.25) is 0 Å². The van der Waals surface area contributed by atoms with Crippen LogP contribution in [0.5, 0.6) is 17.2 Å². The molecule has 1 aliphatic heterocycles. The second-order valence-corrected chi connectivity index (χ2v) is 6.80. The Hall–Kier alpha value is -3.54. The average Bonchev–Trinajstić information content (AvgIpc) is 3.20. The van der Waals surface area contributed by atoms with Gasteiger partial charge in [0.1, 0.15) is 29.8 Å². The molecule has 31 heavy (non-hydrogen) atoms. The van der Waals surface area contributed by atoms with Crippen LogP contribution in [-0.4, -0.2) is 38.7 Å². The van der Waals surface area contributed by atoms with Gasteiger partial charge < -0.3 is 19.3 Å². The topological polar surface area (TPSA) is 105 Å². The van der Waals surface area contributed by atoms with E-state index in [2.05, 4.69) is 4.98 Å². The van der Waals surface area contributed by atoms with Gasteiger partial charge in [-0.05, 0) is 24.3 Å². The monoisotopic (exact) mass is 439 g/mol. The quantitative estimate of drug-likeness (QED) is 0.639. The van der Waals surface area contributed by atoms with Gasteiger partial charge >= 0.3 is 11.9 Å². The van der Waals surface area contributed by atoms with Gasteiger partial charge in [-0.1, -0.05) is 0 Å². The van der Waals surface area contributed by atoms with Crippen LogP contribution in [0.1, 0.15) is 5.69 Å².